The number of alkyl halides is 3. The maximum Gasteiger partial charge on any atom is 0.416 e. The number of nitrogens with zero attached hydrogens (tertiary/aromatic N) is 2. The molecule has 0 bridgehead atoms. The van der Waals surface area contributed by atoms with Gasteiger partial charge in [0.15, 0.2) is 5.96 Å². The van der Waals surface area contributed by atoms with E-state index in [0.29, 0.717) is 19.0 Å². The molecule has 1 aliphatic heterocycles. The molecule has 0 aromatic heterocycles. The Morgan fingerprint density at radius 2 is 1.96 bits per heavy atom. The molecule has 28 heavy (non-hydrogen) atoms. The lowest BCUT2D eigenvalue weighted by atomic mass is 10.1. The summed E-state index contributed by atoms with van der Waals surface area (Å²) in [5, 5.41) is 9.07. The van der Waals surface area contributed by atoms with Crippen LogP contribution in [0.4, 0.5) is 13.2 Å². The maximum atomic E-state index is 12.6. The Morgan fingerprint density at radius 3 is 2.57 bits per heavy atom. The van der Waals surface area contributed by atoms with Gasteiger partial charge >= 0.3 is 6.18 Å². The fourth-order valence-electron chi connectivity index (χ4n) is 3.03. The lowest BCUT2D eigenvalue weighted by Gasteiger charge is -2.19. The molecule has 2 rings (SSSR count). The van der Waals surface area contributed by atoms with Crippen molar-refractivity contribution in [1.29, 1.82) is 0 Å². The van der Waals surface area contributed by atoms with Crippen molar-refractivity contribution in [3.63, 3.8) is 0 Å². The van der Waals surface area contributed by atoms with Crippen molar-refractivity contribution in [1.82, 2.24) is 20.9 Å². The normalized spacial score (nSPS) is 18.2. The first-order chi connectivity index (χ1) is 13.3. The van der Waals surface area contributed by atoms with Crippen molar-refractivity contribution in [2.75, 3.05) is 33.2 Å². The van der Waals surface area contributed by atoms with Gasteiger partial charge in [0.25, 0.3) is 0 Å². The molecular weight excluding hydrogens is 371 g/mol. The highest BCUT2D eigenvalue weighted by atomic mass is 19.4. The molecule has 0 radical (unpaired) electrons. The molecule has 1 fully saturated rings. The van der Waals surface area contributed by atoms with Gasteiger partial charge in [-0.2, -0.15) is 13.2 Å². The summed E-state index contributed by atoms with van der Waals surface area (Å²) >= 11 is 0. The molecule has 1 aromatic rings. The predicted molar refractivity (Wildman–Crippen MR) is 103 cm³/mol. The Balaban J connectivity index is 1.77. The summed E-state index contributed by atoms with van der Waals surface area (Å²) in [4.78, 5) is 18.0. The molecule has 156 valence electrons. The van der Waals surface area contributed by atoms with E-state index in [0.717, 1.165) is 43.6 Å². The van der Waals surface area contributed by atoms with Gasteiger partial charge in [-0.15, -0.1) is 0 Å². The van der Waals surface area contributed by atoms with Crippen LogP contribution >= 0.6 is 0 Å². The summed E-state index contributed by atoms with van der Waals surface area (Å²) in [7, 11) is 1.65. The zero-order valence-electron chi connectivity index (χ0n) is 16.3. The zero-order valence-corrected chi connectivity index (χ0v) is 16.3. The van der Waals surface area contributed by atoms with E-state index >= 15 is 0 Å². The summed E-state index contributed by atoms with van der Waals surface area (Å²) < 4.78 is 37.9. The van der Waals surface area contributed by atoms with E-state index in [-0.39, 0.29) is 18.5 Å². The van der Waals surface area contributed by atoms with Crippen molar-refractivity contribution in [2.45, 2.75) is 38.5 Å². The summed E-state index contributed by atoms with van der Waals surface area (Å²) in [5.41, 5.74) is 0.221. The Bertz CT molecular complexity index is 661. The number of nitrogens with one attached hydrogen (secondary N) is 3. The second-order valence-corrected chi connectivity index (χ2v) is 6.84. The summed E-state index contributed by atoms with van der Waals surface area (Å²) in [5.74, 6) is 0.480. The molecule has 1 amide bonds. The van der Waals surface area contributed by atoms with E-state index in [1.165, 1.54) is 12.1 Å². The summed E-state index contributed by atoms with van der Waals surface area (Å²) in [6.45, 7) is 4.98. The smallest absolute Gasteiger partial charge is 0.355 e. The molecule has 1 heterocycles. The van der Waals surface area contributed by atoms with Crippen LogP contribution in [0.1, 0.15) is 30.9 Å². The summed E-state index contributed by atoms with van der Waals surface area (Å²) in [6, 6.07) is 5.46. The van der Waals surface area contributed by atoms with Crippen LogP contribution in [0.15, 0.2) is 29.3 Å². The number of benzene rings is 1. The molecule has 1 atom stereocenters. The maximum absolute atomic E-state index is 12.6. The molecule has 1 saturated heterocycles. The number of hydrogen-bond acceptors (Lipinski definition) is 3. The van der Waals surface area contributed by atoms with E-state index in [9.17, 15) is 18.0 Å². The van der Waals surface area contributed by atoms with E-state index in [2.05, 4.69) is 25.8 Å². The third-order valence-corrected chi connectivity index (χ3v) is 4.51. The minimum Gasteiger partial charge on any atom is -0.355 e. The SMILES string of the molecule is CCCNC(=O)CNC(=NC)NC1CCN(Cc2ccc(C(F)(F)F)cc2)C1. The molecule has 1 unspecified atom stereocenters. The van der Waals surface area contributed by atoms with Crippen LogP contribution in [0.25, 0.3) is 0 Å². The minimum atomic E-state index is -4.31. The number of rotatable bonds is 7. The van der Waals surface area contributed by atoms with Crippen LogP contribution in [0.3, 0.4) is 0 Å². The lowest BCUT2D eigenvalue weighted by Crippen LogP contribution is -2.47. The van der Waals surface area contributed by atoms with Gasteiger partial charge in [0.05, 0.1) is 12.1 Å². The first kappa shape index (κ1) is 22.0. The number of carbonyl (C=O) groups excluding carboxylic acids is 1. The van der Waals surface area contributed by atoms with Crippen molar-refractivity contribution in [2.24, 2.45) is 4.99 Å². The van der Waals surface area contributed by atoms with Crippen LogP contribution in [-0.2, 0) is 17.5 Å². The van der Waals surface area contributed by atoms with Gasteiger partial charge in [-0.1, -0.05) is 19.1 Å². The van der Waals surface area contributed by atoms with Gasteiger partial charge in [0, 0.05) is 39.3 Å². The molecular formula is C19H28F3N5O. The minimum absolute atomic E-state index is 0.0832. The van der Waals surface area contributed by atoms with Crippen molar-refractivity contribution in [3.05, 3.63) is 35.4 Å². The topological polar surface area (TPSA) is 68.8 Å². The van der Waals surface area contributed by atoms with Crippen LogP contribution in [0.2, 0.25) is 0 Å². The average molecular weight is 399 g/mol. The van der Waals surface area contributed by atoms with Gasteiger partial charge in [-0.25, -0.2) is 0 Å². The summed E-state index contributed by atoms with van der Waals surface area (Å²) in [6.07, 6.45) is -2.53. The van der Waals surface area contributed by atoms with Crippen molar-refractivity contribution < 1.29 is 18.0 Å². The van der Waals surface area contributed by atoms with Gasteiger partial charge in [0.1, 0.15) is 0 Å². The zero-order chi connectivity index (χ0) is 20.6. The van der Waals surface area contributed by atoms with Gasteiger partial charge in [-0.3, -0.25) is 14.7 Å². The molecule has 3 N–H and O–H groups in total. The predicted octanol–water partition coefficient (Wildman–Crippen LogP) is 1.97. The number of guanidine groups is 1. The highest BCUT2D eigenvalue weighted by Crippen LogP contribution is 2.29. The average Bonchev–Trinajstić information content (AvgIpc) is 3.09. The number of hydrogen-bond donors (Lipinski definition) is 3. The van der Waals surface area contributed by atoms with Gasteiger partial charge in [0.2, 0.25) is 5.91 Å². The highest BCUT2D eigenvalue weighted by Gasteiger charge is 2.30. The fraction of sp³-hybridized carbons (Fsp3) is 0.579. The van der Waals surface area contributed by atoms with Crippen LogP contribution in [0, 0.1) is 0 Å². The molecule has 0 aliphatic carbocycles. The first-order valence-corrected chi connectivity index (χ1v) is 9.44. The van der Waals surface area contributed by atoms with Gasteiger partial charge in [-0.05, 0) is 30.5 Å². The molecule has 6 nitrogen and oxygen atoms in total. The quantitative estimate of drug-likeness (QED) is 0.484. The Labute approximate surface area is 163 Å². The van der Waals surface area contributed by atoms with E-state index in [1.54, 1.807) is 7.05 Å². The number of carbonyl (C=O) groups is 1. The third kappa shape index (κ3) is 7.03. The van der Waals surface area contributed by atoms with Crippen LogP contribution in [-0.4, -0.2) is 56.0 Å². The molecule has 1 aromatic carbocycles. The first-order valence-electron chi connectivity index (χ1n) is 9.44. The number of halogens is 3. The van der Waals surface area contributed by atoms with Crippen molar-refractivity contribution >= 4 is 11.9 Å². The van der Waals surface area contributed by atoms with E-state index in [1.807, 2.05) is 6.92 Å². The third-order valence-electron chi connectivity index (χ3n) is 4.51. The standard InChI is InChI=1S/C19H28F3N5O/c1-3-9-24-17(28)11-25-18(23-2)26-16-8-10-27(13-16)12-14-4-6-15(7-5-14)19(20,21)22/h4-7,16H,3,8-13H2,1-2H3,(H,24,28)(H2,23,25,26). The molecule has 0 spiro atoms. The van der Waals surface area contributed by atoms with E-state index in [4.69, 9.17) is 0 Å². The second-order valence-electron chi connectivity index (χ2n) is 6.84. The fourth-order valence-corrected chi connectivity index (χ4v) is 3.03. The van der Waals surface area contributed by atoms with Gasteiger partial charge < -0.3 is 16.0 Å². The Kier molecular flexibility index (Phi) is 8.10. The largest absolute Gasteiger partial charge is 0.416 e. The monoisotopic (exact) mass is 399 g/mol. The molecule has 1 aliphatic rings. The number of amides is 1. The number of likely N-dealkylation sites (tertiary alicyclic amines) is 1. The molecule has 0 saturated carbocycles. The Morgan fingerprint density at radius 1 is 1.25 bits per heavy atom. The van der Waals surface area contributed by atoms with Crippen LogP contribution in [0.5, 0.6) is 0 Å². The van der Waals surface area contributed by atoms with Crippen LogP contribution < -0.4 is 16.0 Å². The highest BCUT2D eigenvalue weighted by molar-refractivity contribution is 5.86. The second kappa shape index (κ2) is 10.3. The van der Waals surface area contributed by atoms with Crippen molar-refractivity contribution in [3.8, 4) is 0 Å². The number of aliphatic imine (C=N–C) groups is 1. The van der Waals surface area contributed by atoms with E-state index < -0.39 is 11.7 Å². The Hall–Kier alpha value is -2.29. The molecule has 9 heteroatoms. The lowest BCUT2D eigenvalue weighted by molar-refractivity contribution is -0.137.